The second-order valence-electron chi connectivity index (χ2n) is 6.56. The molecule has 2 heterocycles. The van der Waals surface area contributed by atoms with Gasteiger partial charge in [-0.15, -0.1) is 0 Å². The van der Waals surface area contributed by atoms with Gasteiger partial charge in [0.15, 0.2) is 0 Å². The maximum atomic E-state index is 12.4. The number of carbonyl (C=O) groups excluding carboxylic acids is 4. The molecule has 2 aliphatic rings. The van der Waals surface area contributed by atoms with Crippen molar-refractivity contribution in [3.05, 3.63) is 22.3 Å². The quantitative estimate of drug-likeness (QED) is 0.468. The zero-order chi connectivity index (χ0) is 19.4. The normalized spacial score (nSPS) is 18.3. The Hall–Kier alpha value is -2.24. The Kier molecular flexibility index (Phi) is 6.51. The molecule has 0 bridgehead atoms. The Morgan fingerprint density at radius 2 is 0.731 bits per heavy atom. The molecule has 0 fully saturated rings. The number of unbranched alkanes of at least 4 members (excludes halogenated alkanes) is 1. The van der Waals surface area contributed by atoms with Crippen LogP contribution in [0.2, 0.25) is 0 Å². The SMILES string of the molecule is CCC1=C(CC)C(=O)N(CCCCN2C(=O)C(CC)=C(CC)C2=O)C1=O. The van der Waals surface area contributed by atoms with Gasteiger partial charge in [0, 0.05) is 35.4 Å². The molecule has 142 valence electrons. The van der Waals surface area contributed by atoms with Crippen molar-refractivity contribution in [1.29, 1.82) is 0 Å². The molecule has 0 saturated heterocycles. The van der Waals surface area contributed by atoms with E-state index in [2.05, 4.69) is 0 Å². The van der Waals surface area contributed by atoms with Crippen LogP contribution in [0, 0.1) is 0 Å². The van der Waals surface area contributed by atoms with Crippen LogP contribution in [0.5, 0.6) is 0 Å². The first-order valence-electron chi connectivity index (χ1n) is 9.59. The molecule has 26 heavy (non-hydrogen) atoms. The standard InChI is InChI=1S/C20H28N2O4/c1-5-13-14(6-2)18(24)21(17(13)23)11-9-10-12-22-19(25)15(7-3)16(8-4)20(22)26/h5-12H2,1-4H3. The van der Waals surface area contributed by atoms with Gasteiger partial charge in [0.2, 0.25) is 0 Å². The largest absolute Gasteiger partial charge is 0.275 e. The molecule has 0 radical (unpaired) electrons. The molecule has 0 aromatic heterocycles. The van der Waals surface area contributed by atoms with Gasteiger partial charge in [-0.3, -0.25) is 29.0 Å². The highest BCUT2D eigenvalue weighted by Crippen LogP contribution is 2.27. The Morgan fingerprint density at radius 1 is 0.500 bits per heavy atom. The minimum absolute atomic E-state index is 0.189. The average molecular weight is 360 g/mol. The summed E-state index contributed by atoms with van der Waals surface area (Å²) in [6.45, 7) is 8.19. The number of rotatable bonds is 9. The lowest BCUT2D eigenvalue weighted by Crippen LogP contribution is -2.35. The second kappa shape index (κ2) is 8.43. The van der Waals surface area contributed by atoms with E-state index in [1.807, 2.05) is 27.7 Å². The molecule has 6 nitrogen and oxygen atoms in total. The Morgan fingerprint density at radius 3 is 0.923 bits per heavy atom. The molecule has 0 atom stereocenters. The summed E-state index contributed by atoms with van der Waals surface area (Å²) >= 11 is 0. The summed E-state index contributed by atoms with van der Waals surface area (Å²) in [4.78, 5) is 52.0. The lowest BCUT2D eigenvalue weighted by molar-refractivity contribution is -0.140. The molecule has 0 aromatic carbocycles. The van der Waals surface area contributed by atoms with E-state index in [-0.39, 0.29) is 23.6 Å². The van der Waals surface area contributed by atoms with Crippen LogP contribution in [0.4, 0.5) is 0 Å². The number of hydrogen-bond acceptors (Lipinski definition) is 4. The van der Waals surface area contributed by atoms with E-state index in [0.717, 1.165) is 0 Å². The van der Waals surface area contributed by atoms with Gasteiger partial charge in [-0.05, 0) is 38.5 Å². The van der Waals surface area contributed by atoms with Gasteiger partial charge < -0.3 is 0 Å². The highest BCUT2D eigenvalue weighted by molar-refractivity contribution is 6.19. The third-order valence-corrected chi connectivity index (χ3v) is 5.17. The summed E-state index contributed by atoms with van der Waals surface area (Å²) in [5.74, 6) is -0.756. The van der Waals surface area contributed by atoms with Gasteiger partial charge in [-0.25, -0.2) is 0 Å². The predicted molar refractivity (Wildman–Crippen MR) is 97.9 cm³/mol. The summed E-state index contributed by atoms with van der Waals surface area (Å²) in [6, 6.07) is 0. The lowest BCUT2D eigenvalue weighted by Gasteiger charge is -2.18. The van der Waals surface area contributed by atoms with Gasteiger partial charge in [0.1, 0.15) is 0 Å². The van der Waals surface area contributed by atoms with Crippen LogP contribution >= 0.6 is 0 Å². The van der Waals surface area contributed by atoms with Crippen LogP contribution in [0.1, 0.15) is 66.2 Å². The maximum Gasteiger partial charge on any atom is 0.257 e. The van der Waals surface area contributed by atoms with Crippen molar-refractivity contribution in [2.24, 2.45) is 0 Å². The zero-order valence-electron chi connectivity index (χ0n) is 16.2. The molecule has 2 aliphatic heterocycles. The summed E-state index contributed by atoms with van der Waals surface area (Å²) in [6.07, 6.45) is 3.40. The predicted octanol–water partition coefficient (Wildman–Crippen LogP) is 2.74. The molecule has 4 amide bonds. The zero-order valence-corrected chi connectivity index (χ0v) is 16.2. The van der Waals surface area contributed by atoms with E-state index in [4.69, 9.17) is 0 Å². The molecule has 6 heteroatoms. The van der Waals surface area contributed by atoms with Crippen molar-refractivity contribution in [2.45, 2.75) is 66.2 Å². The van der Waals surface area contributed by atoms with Crippen LogP contribution in [-0.2, 0) is 19.2 Å². The highest BCUT2D eigenvalue weighted by atomic mass is 16.2. The second-order valence-corrected chi connectivity index (χ2v) is 6.56. The lowest BCUT2D eigenvalue weighted by atomic mass is 10.1. The first kappa shape index (κ1) is 20.1. The highest BCUT2D eigenvalue weighted by Gasteiger charge is 2.37. The van der Waals surface area contributed by atoms with Crippen LogP contribution in [0.3, 0.4) is 0 Å². The van der Waals surface area contributed by atoms with E-state index in [1.54, 1.807) is 0 Å². The fraction of sp³-hybridized carbons (Fsp3) is 0.600. The molecule has 0 N–H and O–H groups in total. The van der Waals surface area contributed by atoms with E-state index in [1.165, 1.54) is 9.80 Å². The first-order valence-corrected chi connectivity index (χ1v) is 9.59. The van der Waals surface area contributed by atoms with Crippen molar-refractivity contribution in [3.8, 4) is 0 Å². The molecule has 0 aromatic rings. The molecule has 0 aliphatic carbocycles. The third kappa shape index (κ3) is 3.37. The Balaban J connectivity index is 1.89. The van der Waals surface area contributed by atoms with Crippen molar-refractivity contribution < 1.29 is 19.2 Å². The minimum atomic E-state index is -0.189. The van der Waals surface area contributed by atoms with Gasteiger partial charge >= 0.3 is 0 Å². The summed E-state index contributed by atoms with van der Waals surface area (Å²) in [7, 11) is 0. The van der Waals surface area contributed by atoms with Gasteiger partial charge in [0.25, 0.3) is 23.6 Å². The molecule has 0 saturated carbocycles. The smallest absolute Gasteiger partial charge is 0.257 e. The van der Waals surface area contributed by atoms with E-state index in [9.17, 15) is 19.2 Å². The Bertz CT molecular complexity index is 591. The van der Waals surface area contributed by atoms with Crippen LogP contribution in [0.25, 0.3) is 0 Å². The first-order chi connectivity index (χ1) is 12.4. The fourth-order valence-corrected chi connectivity index (χ4v) is 3.76. The van der Waals surface area contributed by atoms with Crippen molar-refractivity contribution >= 4 is 23.6 Å². The van der Waals surface area contributed by atoms with Crippen LogP contribution in [-0.4, -0.2) is 46.5 Å². The molecular formula is C20H28N2O4. The topological polar surface area (TPSA) is 74.8 Å². The third-order valence-electron chi connectivity index (χ3n) is 5.17. The molecular weight excluding hydrogens is 332 g/mol. The number of hydrogen-bond donors (Lipinski definition) is 0. The van der Waals surface area contributed by atoms with E-state index < -0.39 is 0 Å². The van der Waals surface area contributed by atoms with Crippen LogP contribution in [0.15, 0.2) is 22.3 Å². The number of carbonyl (C=O) groups is 4. The van der Waals surface area contributed by atoms with Gasteiger partial charge in [-0.1, -0.05) is 27.7 Å². The van der Waals surface area contributed by atoms with Crippen molar-refractivity contribution in [2.75, 3.05) is 13.1 Å². The number of imide groups is 2. The van der Waals surface area contributed by atoms with Crippen molar-refractivity contribution in [1.82, 2.24) is 9.80 Å². The van der Waals surface area contributed by atoms with E-state index in [0.29, 0.717) is 73.9 Å². The summed E-state index contributed by atoms with van der Waals surface area (Å²) in [5.41, 5.74) is 2.47. The average Bonchev–Trinajstić information content (AvgIpc) is 3.01. The number of amides is 4. The summed E-state index contributed by atoms with van der Waals surface area (Å²) in [5, 5.41) is 0. The minimum Gasteiger partial charge on any atom is -0.275 e. The van der Waals surface area contributed by atoms with E-state index >= 15 is 0 Å². The van der Waals surface area contributed by atoms with Crippen LogP contribution < -0.4 is 0 Å². The van der Waals surface area contributed by atoms with Gasteiger partial charge in [-0.2, -0.15) is 0 Å². The molecule has 0 unspecified atom stereocenters. The monoisotopic (exact) mass is 360 g/mol. The fourth-order valence-electron chi connectivity index (χ4n) is 3.76. The van der Waals surface area contributed by atoms with Crippen molar-refractivity contribution in [3.63, 3.8) is 0 Å². The molecule has 0 spiro atoms. The summed E-state index contributed by atoms with van der Waals surface area (Å²) < 4.78 is 0. The maximum absolute atomic E-state index is 12.4. The number of nitrogens with zero attached hydrogens (tertiary/aromatic N) is 2. The van der Waals surface area contributed by atoms with Gasteiger partial charge in [0.05, 0.1) is 0 Å². The molecule has 2 rings (SSSR count). The Labute approximate surface area is 154 Å².